The second-order valence-electron chi connectivity index (χ2n) is 3.59. The molecule has 4 nitrogen and oxygen atoms in total. The third kappa shape index (κ3) is 3.24. The Balaban J connectivity index is 1.93. The monoisotopic (exact) mass is 259 g/mol. The van der Waals surface area contributed by atoms with E-state index in [0.29, 0.717) is 5.56 Å². The highest BCUT2D eigenvalue weighted by Crippen LogP contribution is 2.14. The number of aryl methyl sites for hydroxylation is 1. The van der Waals surface area contributed by atoms with Gasteiger partial charge in [-0.1, -0.05) is 6.92 Å². The van der Waals surface area contributed by atoms with Crippen molar-refractivity contribution in [2.75, 3.05) is 0 Å². The van der Waals surface area contributed by atoms with Crippen molar-refractivity contribution in [2.45, 2.75) is 13.3 Å². The molecule has 1 N–H and O–H groups in total. The molecule has 0 atom stereocenters. The summed E-state index contributed by atoms with van der Waals surface area (Å²) in [6.07, 6.45) is 5.82. The summed E-state index contributed by atoms with van der Waals surface area (Å²) in [5.74, 6) is -0.235. The van der Waals surface area contributed by atoms with Crippen LogP contribution in [0.15, 0.2) is 41.8 Å². The summed E-state index contributed by atoms with van der Waals surface area (Å²) in [6.45, 7) is 2.11. The Morgan fingerprint density at radius 2 is 2.17 bits per heavy atom. The molecule has 2 aromatic heterocycles. The lowest BCUT2D eigenvalue weighted by Crippen LogP contribution is -2.17. The Labute approximate surface area is 109 Å². The van der Waals surface area contributed by atoms with Crippen LogP contribution in [0.5, 0.6) is 0 Å². The molecule has 0 spiro atoms. The Kier molecular flexibility index (Phi) is 4.20. The van der Waals surface area contributed by atoms with Crippen molar-refractivity contribution >= 4 is 23.5 Å². The number of pyridine rings is 1. The van der Waals surface area contributed by atoms with Crippen LogP contribution >= 0.6 is 11.3 Å². The van der Waals surface area contributed by atoms with Crippen molar-refractivity contribution < 1.29 is 4.79 Å². The SMILES string of the molecule is CCc1ccc(/C=N/NC(=O)c2ccncc2)s1. The molecule has 0 aliphatic carbocycles. The van der Waals surface area contributed by atoms with E-state index in [1.165, 1.54) is 4.88 Å². The fraction of sp³-hybridized carbons (Fsp3) is 0.154. The molecule has 0 saturated carbocycles. The number of thiophene rings is 1. The molecule has 0 unspecified atom stereocenters. The summed E-state index contributed by atoms with van der Waals surface area (Å²) in [5, 5.41) is 3.93. The molecule has 0 fully saturated rings. The Morgan fingerprint density at radius 3 is 2.83 bits per heavy atom. The maximum Gasteiger partial charge on any atom is 0.271 e. The van der Waals surface area contributed by atoms with E-state index in [1.807, 2.05) is 6.07 Å². The van der Waals surface area contributed by atoms with Crippen LogP contribution in [-0.2, 0) is 6.42 Å². The normalized spacial score (nSPS) is 10.7. The molecule has 0 radical (unpaired) electrons. The van der Waals surface area contributed by atoms with Crippen LogP contribution in [0.1, 0.15) is 27.0 Å². The van der Waals surface area contributed by atoms with Gasteiger partial charge < -0.3 is 0 Å². The number of rotatable bonds is 4. The standard InChI is InChI=1S/C13H13N3OS/c1-2-11-3-4-12(18-11)9-15-16-13(17)10-5-7-14-8-6-10/h3-9H,2H2,1H3,(H,16,17)/b15-9+. The van der Waals surface area contributed by atoms with E-state index in [2.05, 4.69) is 28.5 Å². The first kappa shape index (κ1) is 12.4. The fourth-order valence-corrected chi connectivity index (χ4v) is 2.20. The van der Waals surface area contributed by atoms with Gasteiger partial charge in [0.25, 0.3) is 5.91 Å². The molecular weight excluding hydrogens is 246 g/mol. The van der Waals surface area contributed by atoms with Gasteiger partial charge in [-0.25, -0.2) is 5.43 Å². The van der Waals surface area contributed by atoms with Crippen LogP contribution in [0.25, 0.3) is 0 Å². The lowest BCUT2D eigenvalue weighted by molar-refractivity contribution is 0.0955. The molecule has 0 saturated heterocycles. The predicted molar refractivity (Wildman–Crippen MR) is 73.0 cm³/mol. The smallest absolute Gasteiger partial charge is 0.267 e. The zero-order chi connectivity index (χ0) is 12.8. The van der Waals surface area contributed by atoms with Gasteiger partial charge in [-0.2, -0.15) is 5.10 Å². The van der Waals surface area contributed by atoms with Crippen LogP contribution in [-0.4, -0.2) is 17.1 Å². The minimum Gasteiger partial charge on any atom is -0.267 e. The average Bonchev–Trinajstić information content (AvgIpc) is 2.87. The number of nitrogens with one attached hydrogen (secondary N) is 1. The highest BCUT2D eigenvalue weighted by atomic mass is 32.1. The third-order valence-electron chi connectivity index (χ3n) is 2.33. The van der Waals surface area contributed by atoms with Crippen molar-refractivity contribution in [1.29, 1.82) is 0 Å². The van der Waals surface area contributed by atoms with Gasteiger partial charge in [-0.15, -0.1) is 11.3 Å². The van der Waals surface area contributed by atoms with Gasteiger partial charge in [0.2, 0.25) is 0 Å². The molecular formula is C13H13N3OS. The quantitative estimate of drug-likeness (QED) is 0.677. The number of nitrogens with zero attached hydrogens (tertiary/aromatic N) is 2. The van der Waals surface area contributed by atoms with Gasteiger partial charge in [-0.05, 0) is 30.7 Å². The van der Waals surface area contributed by atoms with Crippen molar-refractivity contribution in [1.82, 2.24) is 10.4 Å². The second kappa shape index (κ2) is 6.07. The first-order valence-electron chi connectivity index (χ1n) is 5.61. The minimum atomic E-state index is -0.235. The molecule has 2 aromatic rings. The highest BCUT2D eigenvalue weighted by Gasteiger charge is 2.02. The summed E-state index contributed by atoms with van der Waals surface area (Å²) < 4.78 is 0. The van der Waals surface area contributed by atoms with Crippen molar-refractivity contribution in [2.24, 2.45) is 5.10 Å². The Bertz CT molecular complexity index is 548. The number of carbonyl (C=O) groups excluding carboxylic acids is 1. The summed E-state index contributed by atoms with van der Waals surface area (Å²) in [7, 11) is 0. The molecule has 0 bridgehead atoms. The van der Waals surface area contributed by atoms with E-state index in [9.17, 15) is 4.79 Å². The number of amides is 1. The molecule has 2 rings (SSSR count). The lowest BCUT2D eigenvalue weighted by atomic mass is 10.3. The lowest BCUT2D eigenvalue weighted by Gasteiger charge is -1.97. The second-order valence-corrected chi connectivity index (χ2v) is 4.79. The maximum absolute atomic E-state index is 11.6. The number of hydrogen-bond acceptors (Lipinski definition) is 4. The summed E-state index contributed by atoms with van der Waals surface area (Å²) in [4.78, 5) is 17.8. The van der Waals surface area contributed by atoms with Gasteiger partial charge in [0.05, 0.1) is 6.21 Å². The van der Waals surface area contributed by atoms with E-state index >= 15 is 0 Å². The van der Waals surface area contributed by atoms with E-state index in [1.54, 1.807) is 42.1 Å². The number of aromatic nitrogens is 1. The zero-order valence-electron chi connectivity index (χ0n) is 9.96. The molecule has 0 aromatic carbocycles. The summed E-state index contributed by atoms with van der Waals surface area (Å²) in [5.41, 5.74) is 3.03. The molecule has 0 aliphatic heterocycles. The molecule has 0 aliphatic rings. The first-order valence-corrected chi connectivity index (χ1v) is 6.43. The van der Waals surface area contributed by atoms with Crippen molar-refractivity contribution in [3.05, 3.63) is 52.0 Å². The minimum absolute atomic E-state index is 0.235. The van der Waals surface area contributed by atoms with Gasteiger partial charge in [0.15, 0.2) is 0 Å². The number of hydrazone groups is 1. The van der Waals surface area contributed by atoms with Crippen LogP contribution in [0.2, 0.25) is 0 Å². The molecule has 18 heavy (non-hydrogen) atoms. The van der Waals surface area contributed by atoms with E-state index in [4.69, 9.17) is 0 Å². The Hall–Kier alpha value is -2.01. The van der Waals surface area contributed by atoms with Crippen molar-refractivity contribution in [3.63, 3.8) is 0 Å². The van der Waals surface area contributed by atoms with Crippen molar-refractivity contribution in [3.8, 4) is 0 Å². The van der Waals surface area contributed by atoms with E-state index in [-0.39, 0.29) is 5.91 Å². The van der Waals surface area contributed by atoms with E-state index in [0.717, 1.165) is 11.3 Å². The summed E-state index contributed by atoms with van der Waals surface area (Å²) >= 11 is 1.67. The topological polar surface area (TPSA) is 54.4 Å². The fourth-order valence-electron chi connectivity index (χ4n) is 1.38. The maximum atomic E-state index is 11.6. The van der Waals surface area contributed by atoms with Gasteiger partial charge in [-0.3, -0.25) is 9.78 Å². The third-order valence-corrected chi connectivity index (χ3v) is 3.50. The van der Waals surface area contributed by atoms with Gasteiger partial charge >= 0.3 is 0 Å². The summed E-state index contributed by atoms with van der Waals surface area (Å²) in [6, 6.07) is 7.35. The average molecular weight is 259 g/mol. The van der Waals surface area contributed by atoms with Gasteiger partial charge in [0, 0.05) is 27.7 Å². The largest absolute Gasteiger partial charge is 0.271 e. The van der Waals surface area contributed by atoms with Crippen LogP contribution in [0, 0.1) is 0 Å². The molecule has 5 heteroatoms. The van der Waals surface area contributed by atoms with Crippen LogP contribution < -0.4 is 5.43 Å². The number of carbonyl (C=O) groups is 1. The van der Waals surface area contributed by atoms with Crippen LogP contribution in [0.4, 0.5) is 0 Å². The molecule has 92 valence electrons. The molecule has 2 heterocycles. The van der Waals surface area contributed by atoms with Gasteiger partial charge in [0.1, 0.15) is 0 Å². The predicted octanol–water partition coefficient (Wildman–Crippen LogP) is 2.47. The molecule has 1 amide bonds. The Morgan fingerprint density at radius 1 is 1.39 bits per heavy atom. The van der Waals surface area contributed by atoms with Crippen LogP contribution in [0.3, 0.4) is 0 Å². The first-order chi connectivity index (χ1) is 8.79. The van der Waals surface area contributed by atoms with E-state index < -0.39 is 0 Å². The highest BCUT2D eigenvalue weighted by molar-refractivity contribution is 7.13. The zero-order valence-corrected chi connectivity index (χ0v) is 10.8. The number of hydrogen-bond donors (Lipinski definition) is 1.